The summed E-state index contributed by atoms with van der Waals surface area (Å²) in [6, 6.07) is 0. The Morgan fingerprint density at radius 1 is 1.35 bits per heavy atom. The molecular formula is C18H34IN5OS. The highest BCUT2D eigenvalue weighted by Crippen LogP contribution is 2.19. The molecule has 2 rings (SSSR count). The number of guanidine groups is 1. The van der Waals surface area contributed by atoms with Crippen molar-refractivity contribution >= 4 is 41.3 Å². The third-order valence-corrected chi connectivity index (χ3v) is 5.56. The van der Waals surface area contributed by atoms with Crippen LogP contribution in [0.25, 0.3) is 0 Å². The minimum absolute atomic E-state index is 0. The van der Waals surface area contributed by atoms with Crippen LogP contribution in [0, 0.1) is 0 Å². The van der Waals surface area contributed by atoms with Crippen LogP contribution in [0.4, 0.5) is 0 Å². The fraction of sp³-hybridized carbons (Fsp3) is 0.778. The molecule has 1 aromatic heterocycles. The lowest BCUT2D eigenvalue weighted by molar-refractivity contribution is -0.00834. The number of aromatic nitrogens is 1. The Hall–Kier alpha value is -0.450. The Morgan fingerprint density at radius 3 is 2.62 bits per heavy atom. The van der Waals surface area contributed by atoms with Gasteiger partial charge in [-0.2, -0.15) is 0 Å². The van der Waals surface area contributed by atoms with Crippen LogP contribution in [0.15, 0.2) is 10.4 Å². The lowest BCUT2D eigenvalue weighted by Gasteiger charge is -2.41. The van der Waals surface area contributed by atoms with E-state index in [1.54, 1.807) is 11.3 Å². The van der Waals surface area contributed by atoms with Crippen molar-refractivity contribution in [2.24, 2.45) is 4.99 Å². The fourth-order valence-corrected chi connectivity index (χ4v) is 3.57. The van der Waals surface area contributed by atoms with Gasteiger partial charge in [-0.25, -0.2) is 9.98 Å². The summed E-state index contributed by atoms with van der Waals surface area (Å²) in [5.41, 5.74) is 1.10. The number of nitrogens with one attached hydrogen (secondary N) is 2. The zero-order valence-corrected chi connectivity index (χ0v) is 19.8. The summed E-state index contributed by atoms with van der Waals surface area (Å²) in [4.78, 5) is 11.8. The minimum Gasteiger partial charge on any atom is -0.379 e. The molecule has 0 bridgehead atoms. The molecule has 1 aliphatic heterocycles. The van der Waals surface area contributed by atoms with E-state index in [-0.39, 0.29) is 29.5 Å². The van der Waals surface area contributed by atoms with Crippen molar-refractivity contribution < 1.29 is 4.74 Å². The smallest absolute Gasteiger partial charge is 0.191 e. The van der Waals surface area contributed by atoms with Crippen LogP contribution < -0.4 is 10.6 Å². The maximum absolute atomic E-state index is 5.46. The molecule has 0 amide bonds. The first-order valence-electron chi connectivity index (χ1n) is 9.21. The molecule has 2 heterocycles. The Bertz CT molecular complexity index is 556. The first kappa shape index (κ1) is 23.6. The first-order valence-corrected chi connectivity index (χ1v) is 10.1. The third kappa shape index (κ3) is 7.28. The van der Waals surface area contributed by atoms with Gasteiger partial charge in [-0.1, -0.05) is 13.8 Å². The second-order valence-corrected chi connectivity index (χ2v) is 8.18. The number of thiazole rings is 1. The highest BCUT2D eigenvalue weighted by atomic mass is 127. The van der Waals surface area contributed by atoms with Crippen LogP contribution in [0.5, 0.6) is 0 Å². The van der Waals surface area contributed by atoms with E-state index in [0.29, 0.717) is 12.5 Å². The molecule has 0 aromatic carbocycles. The topological polar surface area (TPSA) is 61.8 Å². The lowest BCUT2D eigenvalue weighted by atomic mass is 10.0. The molecule has 0 radical (unpaired) electrons. The number of hydrogen-bond donors (Lipinski definition) is 2. The van der Waals surface area contributed by atoms with Gasteiger partial charge >= 0.3 is 0 Å². The first-order chi connectivity index (χ1) is 11.9. The Morgan fingerprint density at radius 2 is 2.04 bits per heavy atom. The molecule has 0 saturated carbocycles. The Balaban J connectivity index is 0.00000338. The standard InChI is InChI=1S/C18H33N5OS.HI/c1-6-19-17(20-11-15-12-25-16(22-15)14(2)3)21-13-18(4,5)23-7-9-24-10-8-23;/h12,14H,6-11,13H2,1-5H3,(H2,19,20,21);1H. The highest BCUT2D eigenvalue weighted by Gasteiger charge is 2.28. The van der Waals surface area contributed by atoms with E-state index in [2.05, 4.69) is 60.5 Å². The van der Waals surface area contributed by atoms with Gasteiger partial charge < -0.3 is 15.4 Å². The predicted molar refractivity (Wildman–Crippen MR) is 121 cm³/mol. The number of aliphatic imine (C=N–C) groups is 1. The molecule has 1 saturated heterocycles. The van der Waals surface area contributed by atoms with Crippen molar-refractivity contribution in [3.05, 3.63) is 16.1 Å². The van der Waals surface area contributed by atoms with Crippen molar-refractivity contribution in [1.82, 2.24) is 20.5 Å². The predicted octanol–water partition coefficient (Wildman–Crippen LogP) is 3.05. The summed E-state index contributed by atoms with van der Waals surface area (Å²) in [7, 11) is 0. The van der Waals surface area contributed by atoms with Crippen molar-refractivity contribution in [2.75, 3.05) is 39.4 Å². The van der Waals surface area contributed by atoms with E-state index in [4.69, 9.17) is 9.73 Å². The van der Waals surface area contributed by atoms with Gasteiger partial charge in [0.25, 0.3) is 0 Å². The van der Waals surface area contributed by atoms with Gasteiger partial charge in [0.15, 0.2) is 5.96 Å². The summed E-state index contributed by atoms with van der Waals surface area (Å²) in [6.45, 7) is 16.9. The SMILES string of the molecule is CCNC(=NCc1csc(C(C)C)n1)NCC(C)(C)N1CCOCC1.I. The highest BCUT2D eigenvalue weighted by molar-refractivity contribution is 14.0. The normalized spacial score (nSPS) is 16.5. The molecule has 1 aliphatic rings. The number of ether oxygens (including phenoxy) is 1. The van der Waals surface area contributed by atoms with E-state index in [0.717, 1.165) is 51.0 Å². The van der Waals surface area contributed by atoms with Crippen molar-refractivity contribution in [3.8, 4) is 0 Å². The molecule has 6 nitrogen and oxygen atoms in total. The van der Waals surface area contributed by atoms with Crippen LogP contribution >= 0.6 is 35.3 Å². The summed E-state index contributed by atoms with van der Waals surface area (Å²) >= 11 is 1.72. The molecule has 1 fully saturated rings. The van der Waals surface area contributed by atoms with Crippen LogP contribution in [-0.2, 0) is 11.3 Å². The Labute approximate surface area is 179 Å². The van der Waals surface area contributed by atoms with Gasteiger partial charge in [0, 0.05) is 43.0 Å². The Kier molecular flexibility index (Phi) is 10.3. The van der Waals surface area contributed by atoms with E-state index < -0.39 is 0 Å². The maximum atomic E-state index is 5.46. The molecule has 0 aliphatic carbocycles. The van der Waals surface area contributed by atoms with Crippen molar-refractivity contribution in [1.29, 1.82) is 0 Å². The zero-order valence-electron chi connectivity index (χ0n) is 16.7. The van der Waals surface area contributed by atoms with Gasteiger partial charge in [-0.05, 0) is 20.8 Å². The summed E-state index contributed by atoms with van der Waals surface area (Å²) in [5, 5.41) is 10.1. The number of hydrogen-bond acceptors (Lipinski definition) is 5. The van der Waals surface area contributed by atoms with Crippen molar-refractivity contribution in [2.45, 2.75) is 52.6 Å². The van der Waals surface area contributed by atoms with E-state index >= 15 is 0 Å². The number of rotatable bonds is 7. The summed E-state index contributed by atoms with van der Waals surface area (Å²) < 4.78 is 5.46. The van der Waals surface area contributed by atoms with Gasteiger partial charge in [-0.3, -0.25) is 4.90 Å². The number of morpholine rings is 1. The fourth-order valence-electron chi connectivity index (χ4n) is 2.74. The lowest BCUT2D eigenvalue weighted by Crippen LogP contribution is -2.56. The molecule has 0 atom stereocenters. The molecule has 150 valence electrons. The molecule has 2 N–H and O–H groups in total. The molecule has 26 heavy (non-hydrogen) atoms. The maximum Gasteiger partial charge on any atom is 0.191 e. The summed E-state index contributed by atoms with van der Waals surface area (Å²) in [6.07, 6.45) is 0. The largest absolute Gasteiger partial charge is 0.379 e. The second kappa shape index (κ2) is 11.4. The molecule has 8 heteroatoms. The number of halogens is 1. The zero-order chi connectivity index (χ0) is 18.3. The number of nitrogens with zero attached hydrogens (tertiary/aromatic N) is 3. The van der Waals surface area contributed by atoms with Gasteiger partial charge in [0.05, 0.1) is 30.5 Å². The minimum atomic E-state index is 0. The average Bonchev–Trinajstić information content (AvgIpc) is 3.07. The average molecular weight is 495 g/mol. The van der Waals surface area contributed by atoms with Gasteiger partial charge in [0.2, 0.25) is 0 Å². The summed E-state index contributed by atoms with van der Waals surface area (Å²) in [5.74, 6) is 1.33. The molecule has 1 aromatic rings. The van der Waals surface area contributed by atoms with E-state index in [9.17, 15) is 0 Å². The molecular weight excluding hydrogens is 461 g/mol. The second-order valence-electron chi connectivity index (χ2n) is 7.29. The quantitative estimate of drug-likeness (QED) is 0.346. The third-order valence-electron chi connectivity index (χ3n) is 4.36. The van der Waals surface area contributed by atoms with Crippen LogP contribution in [0.3, 0.4) is 0 Å². The van der Waals surface area contributed by atoms with E-state index in [1.807, 2.05) is 0 Å². The van der Waals surface area contributed by atoms with Gasteiger partial charge in [-0.15, -0.1) is 35.3 Å². The van der Waals surface area contributed by atoms with Crippen molar-refractivity contribution in [3.63, 3.8) is 0 Å². The molecule has 0 unspecified atom stereocenters. The molecule has 0 spiro atoms. The van der Waals surface area contributed by atoms with E-state index in [1.165, 1.54) is 5.01 Å². The monoisotopic (exact) mass is 495 g/mol. The van der Waals surface area contributed by atoms with Crippen LogP contribution in [-0.4, -0.2) is 60.8 Å². The van der Waals surface area contributed by atoms with Crippen LogP contribution in [0.1, 0.15) is 51.2 Å². The van der Waals surface area contributed by atoms with Crippen LogP contribution in [0.2, 0.25) is 0 Å². The van der Waals surface area contributed by atoms with Gasteiger partial charge in [0.1, 0.15) is 0 Å².